The quantitative estimate of drug-likeness (QED) is 0.926. The van der Waals surface area contributed by atoms with Crippen LogP contribution in [0.1, 0.15) is 25.1 Å². The first-order chi connectivity index (χ1) is 8.87. The summed E-state index contributed by atoms with van der Waals surface area (Å²) < 4.78 is 27.1. The van der Waals surface area contributed by atoms with Crippen molar-refractivity contribution in [1.29, 1.82) is 0 Å². The van der Waals surface area contributed by atoms with Crippen LogP contribution in [-0.2, 0) is 16.6 Å². The van der Waals surface area contributed by atoms with Gasteiger partial charge < -0.3 is 5.73 Å². The second-order valence-corrected chi connectivity index (χ2v) is 9.88. The highest BCUT2D eigenvalue weighted by Gasteiger charge is 2.32. The van der Waals surface area contributed by atoms with Gasteiger partial charge in [-0.1, -0.05) is 13.8 Å². The Morgan fingerprint density at radius 2 is 2.16 bits per heavy atom. The van der Waals surface area contributed by atoms with Crippen LogP contribution in [-0.4, -0.2) is 36.3 Å². The van der Waals surface area contributed by atoms with Crippen molar-refractivity contribution in [3.05, 3.63) is 16.3 Å². The molecule has 0 spiro atoms. The fourth-order valence-electron chi connectivity index (χ4n) is 2.09. The zero-order valence-corrected chi connectivity index (χ0v) is 13.7. The number of nitrogens with zero attached hydrogens (tertiary/aromatic N) is 1. The van der Waals surface area contributed by atoms with Crippen molar-refractivity contribution < 1.29 is 8.42 Å². The SMILES string of the molecule is CC1(C)CCN(S(=O)(=O)c2ccsc2CN)CCS1. The van der Waals surface area contributed by atoms with Crippen LogP contribution in [0, 0.1) is 0 Å². The van der Waals surface area contributed by atoms with Crippen molar-refractivity contribution in [1.82, 2.24) is 4.31 Å². The van der Waals surface area contributed by atoms with Crippen molar-refractivity contribution in [3.63, 3.8) is 0 Å². The van der Waals surface area contributed by atoms with Gasteiger partial charge >= 0.3 is 0 Å². The number of thiophene rings is 1. The van der Waals surface area contributed by atoms with Gasteiger partial charge in [0.1, 0.15) is 0 Å². The summed E-state index contributed by atoms with van der Waals surface area (Å²) in [4.78, 5) is 1.14. The second-order valence-electron chi connectivity index (χ2n) is 5.17. The van der Waals surface area contributed by atoms with Crippen LogP contribution >= 0.6 is 23.1 Å². The zero-order chi connectivity index (χ0) is 14.1. The summed E-state index contributed by atoms with van der Waals surface area (Å²) in [5.41, 5.74) is 5.62. The second kappa shape index (κ2) is 5.73. The molecular weight excluding hydrogens is 300 g/mol. The molecular formula is C12H20N2O2S3. The molecule has 1 aromatic heterocycles. The molecule has 0 bridgehead atoms. The van der Waals surface area contributed by atoms with Gasteiger partial charge in [-0.2, -0.15) is 16.1 Å². The number of nitrogens with two attached hydrogens (primary N) is 1. The van der Waals surface area contributed by atoms with E-state index in [1.807, 2.05) is 11.8 Å². The Morgan fingerprint density at radius 1 is 1.42 bits per heavy atom. The molecule has 0 saturated carbocycles. The Morgan fingerprint density at radius 3 is 2.84 bits per heavy atom. The molecule has 0 radical (unpaired) electrons. The minimum Gasteiger partial charge on any atom is -0.326 e. The maximum atomic E-state index is 12.7. The van der Waals surface area contributed by atoms with Gasteiger partial charge in [-0.25, -0.2) is 8.42 Å². The predicted octanol–water partition coefficient (Wildman–Crippen LogP) is 2.11. The molecule has 2 heterocycles. The summed E-state index contributed by atoms with van der Waals surface area (Å²) in [6.45, 7) is 5.78. The van der Waals surface area contributed by atoms with E-state index < -0.39 is 10.0 Å². The number of rotatable bonds is 3. The minimum absolute atomic E-state index is 0.148. The van der Waals surface area contributed by atoms with Gasteiger partial charge in [0.25, 0.3) is 0 Å². The molecule has 108 valence electrons. The summed E-state index contributed by atoms with van der Waals surface area (Å²) in [6, 6.07) is 1.67. The fraction of sp³-hybridized carbons (Fsp3) is 0.667. The summed E-state index contributed by atoms with van der Waals surface area (Å²) in [5.74, 6) is 0.842. The van der Waals surface area contributed by atoms with Crippen molar-refractivity contribution in [2.45, 2.75) is 36.5 Å². The lowest BCUT2D eigenvalue weighted by Crippen LogP contribution is -2.34. The van der Waals surface area contributed by atoms with Crippen LogP contribution < -0.4 is 5.73 Å². The number of sulfonamides is 1. The zero-order valence-electron chi connectivity index (χ0n) is 11.3. The summed E-state index contributed by atoms with van der Waals surface area (Å²) in [7, 11) is -3.38. The molecule has 2 rings (SSSR count). The Labute approximate surface area is 123 Å². The molecule has 19 heavy (non-hydrogen) atoms. The Balaban J connectivity index is 2.25. The van der Waals surface area contributed by atoms with E-state index in [2.05, 4.69) is 13.8 Å². The first-order valence-electron chi connectivity index (χ1n) is 6.27. The van der Waals surface area contributed by atoms with E-state index in [1.165, 1.54) is 11.3 Å². The molecule has 2 N–H and O–H groups in total. The van der Waals surface area contributed by atoms with Crippen LogP contribution in [0.3, 0.4) is 0 Å². The molecule has 4 nitrogen and oxygen atoms in total. The number of hydrogen-bond acceptors (Lipinski definition) is 5. The molecule has 0 aliphatic carbocycles. The third-order valence-electron chi connectivity index (χ3n) is 3.30. The van der Waals surface area contributed by atoms with Crippen LogP contribution in [0.4, 0.5) is 0 Å². The molecule has 0 amide bonds. The standard InChI is InChI=1S/C12H20N2O2S3/c1-12(2)4-5-14(6-8-18-12)19(15,16)11-3-7-17-10(11)9-13/h3,7H,4-6,8-9,13H2,1-2H3. The molecule has 1 aliphatic rings. The van der Waals surface area contributed by atoms with Gasteiger partial charge in [-0.05, 0) is 17.9 Å². The topological polar surface area (TPSA) is 63.4 Å². The third-order valence-corrected chi connectivity index (χ3v) is 7.73. The highest BCUT2D eigenvalue weighted by Crippen LogP contribution is 2.33. The number of hydrogen-bond donors (Lipinski definition) is 1. The summed E-state index contributed by atoms with van der Waals surface area (Å²) >= 11 is 3.25. The molecule has 0 aromatic carbocycles. The molecule has 1 aromatic rings. The van der Waals surface area contributed by atoms with E-state index in [4.69, 9.17) is 5.73 Å². The van der Waals surface area contributed by atoms with Crippen molar-refractivity contribution in [3.8, 4) is 0 Å². The van der Waals surface area contributed by atoms with E-state index >= 15 is 0 Å². The normalized spacial score (nSPS) is 21.2. The fourth-order valence-corrected chi connectivity index (χ4v) is 6.05. The van der Waals surface area contributed by atoms with Gasteiger partial charge in [0.15, 0.2) is 0 Å². The van der Waals surface area contributed by atoms with Gasteiger partial charge in [-0.15, -0.1) is 11.3 Å². The van der Waals surface area contributed by atoms with Crippen molar-refractivity contribution in [2.24, 2.45) is 5.73 Å². The van der Waals surface area contributed by atoms with Crippen molar-refractivity contribution >= 4 is 33.1 Å². The monoisotopic (exact) mass is 320 g/mol. The van der Waals surface area contributed by atoms with E-state index in [9.17, 15) is 8.42 Å². The van der Waals surface area contributed by atoms with Crippen molar-refractivity contribution in [2.75, 3.05) is 18.8 Å². The average Bonchev–Trinajstić information content (AvgIpc) is 2.74. The summed E-state index contributed by atoms with van der Waals surface area (Å²) in [6.07, 6.45) is 0.874. The largest absolute Gasteiger partial charge is 0.326 e. The molecule has 7 heteroatoms. The Hall–Kier alpha value is -0.0800. The van der Waals surface area contributed by atoms with E-state index in [0.29, 0.717) is 18.0 Å². The molecule has 1 aliphatic heterocycles. The molecule has 0 unspecified atom stereocenters. The number of thioether (sulfide) groups is 1. The predicted molar refractivity (Wildman–Crippen MR) is 82.1 cm³/mol. The van der Waals surface area contributed by atoms with Crippen LogP contribution in [0.2, 0.25) is 0 Å². The lowest BCUT2D eigenvalue weighted by Gasteiger charge is -2.22. The van der Waals surface area contributed by atoms with Gasteiger partial charge in [0.2, 0.25) is 10.0 Å². The van der Waals surface area contributed by atoms with Crippen LogP contribution in [0.25, 0.3) is 0 Å². The summed E-state index contributed by atoms with van der Waals surface area (Å²) in [5, 5.41) is 1.80. The maximum Gasteiger partial charge on any atom is 0.244 e. The third kappa shape index (κ3) is 3.33. The smallest absolute Gasteiger partial charge is 0.244 e. The lowest BCUT2D eigenvalue weighted by atomic mass is 10.1. The average molecular weight is 321 g/mol. The first-order valence-corrected chi connectivity index (χ1v) is 9.58. The highest BCUT2D eigenvalue weighted by atomic mass is 32.2. The van der Waals surface area contributed by atoms with Gasteiger partial charge in [0.05, 0.1) is 4.90 Å². The molecule has 1 fully saturated rings. The Kier molecular flexibility index (Phi) is 4.62. The first kappa shape index (κ1) is 15.3. The minimum atomic E-state index is -3.38. The molecule has 1 saturated heterocycles. The lowest BCUT2D eigenvalue weighted by molar-refractivity contribution is 0.415. The van der Waals surface area contributed by atoms with Gasteiger partial charge in [-0.3, -0.25) is 0 Å². The highest BCUT2D eigenvalue weighted by molar-refractivity contribution is 8.00. The van der Waals surface area contributed by atoms with Gasteiger partial charge in [0, 0.05) is 35.0 Å². The van der Waals surface area contributed by atoms with E-state index in [1.54, 1.807) is 15.8 Å². The van der Waals surface area contributed by atoms with Crippen LogP contribution in [0.15, 0.2) is 16.3 Å². The van der Waals surface area contributed by atoms with E-state index in [0.717, 1.165) is 17.1 Å². The Bertz CT molecular complexity index is 537. The van der Waals surface area contributed by atoms with E-state index in [-0.39, 0.29) is 11.3 Å². The maximum absolute atomic E-state index is 12.7. The van der Waals surface area contributed by atoms with Crippen LogP contribution in [0.5, 0.6) is 0 Å². The molecule has 0 atom stereocenters.